The van der Waals surface area contributed by atoms with E-state index in [2.05, 4.69) is 4.90 Å². The van der Waals surface area contributed by atoms with Crippen molar-refractivity contribution in [1.82, 2.24) is 14.1 Å². The van der Waals surface area contributed by atoms with Crippen molar-refractivity contribution in [2.45, 2.75) is 24.2 Å². The van der Waals surface area contributed by atoms with E-state index in [0.29, 0.717) is 42.8 Å². The molecule has 36 heavy (non-hydrogen) atoms. The SMILES string of the molecule is CN1CCN(C(=O)CC2(COc3ccc(Cl)cc3)CCCN(S(=O)(=O)c3ccc(F)cc3F)C2)CC1. The van der Waals surface area contributed by atoms with Crippen molar-refractivity contribution in [1.29, 1.82) is 0 Å². The highest BCUT2D eigenvalue weighted by Crippen LogP contribution is 2.38. The molecule has 7 nitrogen and oxygen atoms in total. The molecule has 2 fully saturated rings. The molecule has 0 bridgehead atoms. The molecule has 0 spiro atoms. The second-order valence-electron chi connectivity index (χ2n) is 9.62. The van der Waals surface area contributed by atoms with Gasteiger partial charge in [0.2, 0.25) is 15.9 Å². The van der Waals surface area contributed by atoms with Crippen molar-refractivity contribution in [2.75, 3.05) is 52.9 Å². The molecule has 0 radical (unpaired) electrons. The average Bonchev–Trinajstić information content (AvgIpc) is 2.84. The molecule has 0 aliphatic carbocycles. The molecular formula is C25H30ClF2N3O4S. The van der Waals surface area contributed by atoms with Gasteiger partial charge in [0.15, 0.2) is 0 Å². The average molecular weight is 542 g/mol. The summed E-state index contributed by atoms with van der Waals surface area (Å²) < 4.78 is 61.8. The van der Waals surface area contributed by atoms with Crippen LogP contribution in [-0.2, 0) is 14.8 Å². The third kappa shape index (κ3) is 6.16. The van der Waals surface area contributed by atoms with Gasteiger partial charge in [-0.2, -0.15) is 4.31 Å². The molecule has 2 aliphatic rings. The van der Waals surface area contributed by atoms with E-state index in [1.54, 1.807) is 29.2 Å². The summed E-state index contributed by atoms with van der Waals surface area (Å²) in [5.41, 5.74) is -0.818. The molecular weight excluding hydrogens is 512 g/mol. The zero-order chi connectivity index (χ0) is 25.9. The van der Waals surface area contributed by atoms with E-state index in [9.17, 15) is 22.0 Å². The Bertz CT molecular complexity index is 1190. The van der Waals surface area contributed by atoms with Gasteiger partial charge in [0.25, 0.3) is 0 Å². The van der Waals surface area contributed by atoms with E-state index in [0.717, 1.165) is 25.2 Å². The highest BCUT2D eigenvalue weighted by molar-refractivity contribution is 7.89. The second-order valence-corrected chi connectivity index (χ2v) is 12.0. The Morgan fingerprint density at radius 2 is 1.75 bits per heavy atom. The molecule has 1 atom stereocenters. The first-order valence-corrected chi connectivity index (χ1v) is 13.7. The lowest BCUT2D eigenvalue weighted by molar-refractivity contribution is -0.136. The van der Waals surface area contributed by atoms with Gasteiger partial charge in [-0.05, 0) is 56.3 Å². The van der Waals surface area contributed by atoms with Crippen molar-refractivity contribution in [2.24, 2.45) is 5.41 Å². The van der Waals surface area contributed by atoms with Gasteiger partial charge in [0.05, 0.1) is 6.61 Å². The fourth-order valence-electron chi connectivity index (χ4n) is 4.76. The first kappa shape index (κ1) is 26.8. The van der Waals surface area contributed by atoms with Gasteiger partial charge < -0.3 is 14.5 Å². The number of sulfonamides is 1. The van der Waals surface area contributed by atoms with Gasteiger partial charge in [-0.1, -0.05) is 11.6 Å². The monoisotopic (exact) mass is 541 g/mol. The van der Waals surface area contributed by atoms with Crippen LogP contribution in [0.3, 0.4) is 0 Å². The summed E-state index contributed by atoms with van der Waals surface area (Å²) in [7, 11) is -2.25. The zero-order valence-electron chi connectivity index (χ0n) is 20.1. The third-order valence-electron chi connectivity index (χ3n) is 6.88. The molecule has 1 amide bonds. The van der Waals surface area contributed by atoms with Crippen LogP contribution >= 0.6 is 11.6 Å². The molecule has 4 rings (SSSR count). The molecule has 196 valence electrons. The topological polar surface area (TPSA) is 70.2 Å². The minimum absolute atomic E-state index is 0.0147. The van der Waals surface area contributed by atoms with E-state index in [1.165, 1.54) is 4.31 Å². The highest BCUT2D eigenvalue weighted by Gasteiger charge is 2.43. The Labute approximate surface area is 215 Å². The lowest BCUT2D eigenvalue weighted by atomic mass is 9.78. The molecule has 2 heterocycles. The van der Waals surface area contributed by atoms with E-state index < -0.39 is 32.0 Å². The van der Waals surface area contributed by atoms with Crippen molar-refractivity contribution in [3.05, 3.63) is 59.1 Å². The number of hydrogen-bond donors (Lipinski definition) is 0. The van der Waals surface area contributed by atoms with Gasteiger partial charge in [-0.25, -0.2) is 17.2 Å². The van der Waals surface area contributed by atoms with E-state index in [-0.39, 0.29) is 32.0 Å². The quantitative estimate of drug-likeness (QED) is 0.535. The fraction of sp³-hybridized carbons (Fsp3) is 0.480. The lowest BCUT2D eigenvalue weighted by Crippen LogP contribution is -2.53. The Hall–Kier alpha value is -2.27. The Morgan fingerprint density at radius 3 is 2.42 bits per heavy atom. The van der Waals surface area contributed by atoms with Gasteiger partial charge in [0, 0.05) is 62.2 Å². The maximum Gasteiger partial charge on any atom is 0.246 e. The first-order valence-electron chi connectivity index (χ1n) is 11.9. The fourth-order valence-corrected chi connectivity index (χ4v) is 6.52. The van der Waals surface area contributed by atoms with Crippen molar-refractivity contribution >= 4 is 27.5 Å². The summed E-state index contributed by atoms with van der Waals surface area (Å²) in [4.78, 5) is 16.7. The lowest BCUT2D eigenvalue weighted by Gasteiger charge is -2.43. The van der Waals surface area contributed by atoms with Crippen molar-refractivity contribution in [3.63, 3.8) is 0 Å². The number of amides is 1. The van der Waals surface area contributed by atoms with Crippen LogP contribution in [0, 0.1) is 17.0 Å². The number of likely N-dealkylation sites (N-methyl/N-ethyl adjacent to an activating group) is 1. The largest absolute Gasteiger partial charge is 0.493 e. The minimum Gasteiger partial charge on any atom is -0.493 e. The number of rotatable bonds is 7. The van der Waals surface area contributed by atoms with Gasteiger partial charge in [0.1, 0.15) is 22.3 Å². The van der Waals surface area contributed by atoms with Gasteiger partial charge in [-0.3, -0.25) is 4.79 Å². The van der Waals surface area contributed by atoms with Gasteiger partial charge >= 0.3 is 0 Å². The molecule has 11 heteroatoms. The van der Waals surface area contributed by atoms with Crippen LogP contribution in [0.1, 0.15) is 19.3 Å². The number of carbonyl (C=O) groups excluding carboxylic acids is 1. The van der Waals surface area contributed by atoms with Crippen molar-refractivity contribution < 1.29 is 26.7 Å². The number of piperazine rings is 1. The predicted octanol–water partition coefficient (Wildman–Crippen LogP) is 3.63. The zero-order valence-corrected chi connectivity index (χ0v) is 21.7. The number of piperidine rings is 1. The number of carbonyl (C=O) groups is 1. The van der Waals surface area contributed by atoms with E-state index in [4.69, 9.17) is 16.3 Å². The Morgan fingerprint density at radius 1 is 1.06 bits per heavy atom. The third-order valence-corrected chi connectivity index (χ3v) is 9.01. The second kappa shape index (κ2) is 11.0. The number of ether oxygens (including phenoxy) is 1. The van der Waals surface area contributed by atoms with Crippen LogP contribution in [0.15, 0.2) is 47.4 Å². The molecule has 0 aromatic heterocycles. The normalized spacial score (nSPS) is 21.9. The van der Waals surface area contributed by atoms with E-state index >= 15 is 0 Å². The Kier molecular flexibility index (Phi) is 8.18. The van der Waals surface area contributed by atoms with Gasteiger partial charge in [-0.15, -0.1) is 0 Å². The highest BCUT2D eigenvalue weighted by atomic mass is 35.5. The van der Waals surface area contributed by atoms with Crippen LogP contribution in [-0.4, -0.2) is 81.4 Å². The summed E-state index contributed by atoms with van der Waals surface area (Å²) in [6.07, 6.45) is 1.14. The Balaban J connectivity index is 1.58. The number of hydrogen-bond acceptors (Lipinski definition) is 5. The smallest absolute Gasteiger partial charge is 0.246 e. The van der Waals surface area contributed by atoms with Crippen LogP contribution in [0.25, 0.3) is 0 Å². The predicted molar refractivity (Wildman–Crippen MR) is 132 cm³/mol. The summed E-state index contributed by atoms with van der Waals surface area (Å²) in [5, 5.41) is 0.554. The maximum absolute atomic E-state index is 14.4. The van der Waals surface area contributed by atoms with Crippen LogP contribution < -0.4 is 4.74 Å². The molecule has 0 saturated carbocycles. The summed E-state index contributed by atoms with van der Waals surface area (Å²) in [5.74, 6) is -1.50. The van der Waals surface area contributed by atoms with Crippen LogP contribution in [0.2, 0.25) is 5.02 Å². The van der Waals surface area contributed by atoms with Crippen LogP contribution in [0.4, 0.5) is 8.78 Å². The summed E-state index contributed by atoms with van der Waals surface area (Å²) in [6, 6.07) is 9.23. The first-order chi connectivity index (χ1) is 17.1. The molecule has 0 N–H and O–H groups in total. The van der Waals surface area contributed by atoms with Crippen LogP contribution in [0.5, 0.6) is 5.75 Å². The molecule has 2 aromatic rings. The summed E-state index contributed by atoms with van der Waals surface area (Å²) >= 11 is 5.97. The van der Waals surface area contributed by atoms with Crippen molar-refractivity contribution in [3.8, 4) is 5.75 Å². The minimum atomic E-state index is -4.25. The molecule has 2 saturated heterocycles. The van der Waals surface area contributed by atoms with E-state index in [1.807, 2.05) is 7.05 Å². The standard InChI is InChI=1S/C25H30ClF2N3O4S/c1-29-11-13-30(14-12-29)24(32)16-25(18-35-21-6-3-19(26)4-7-21)9-2-10-31(17-25)36(33,34)23-8-5-20(27)15-22(23)28/h3-8,15H,2,9-14,16-18H2,1H3. The maximum atomic E-state index is 14.4. The summed E-state index contributed by atoms with van der Waals surface area (Å²) in [6.45, 7) is 3.00. The molecule has 2 aliphatic heterocycles. The number of benzene rings is 2. The number of halogens is 3. The molecule has 1 unspecified atom stereocenters. The number of nitrogens with zero attached hydrogens (tertiary/aromatic N) is 3. The molecule has 2 aromatic carbocycles.